The fraction of sp³-hybridized carbons (Fsp3) is 0.333. The molecule has 9 heteroatoms. The van der Waals surface area contributed by atoms with Gasteiger partial charge in [0.1, 0.15) is 11.5 Å². The molecule has 2 aromatic rings. The van der Waals surface area contributed by atoms with Crippen molar-refractivity contribution in [3.8, 4) is 5.75 Å². The molecule has 0 saturated carbocycles. The zero-order valence-corrected chi connectivity index (χ0v) is 22.4. The Labute approximate surface area is 226 Å². The normalized spacial score (nSPS) is 17.7. The zero-order chi connectivity index (χ0) is 28.8. The predicted octanol–water partition coefficient (Wildman–Crippen LogP) is 6.60. The first-order valence-electron chi connectivity index (χ1n) is 12.5. The van der Waals surface area contributed by atoms with Gasteiger partial charge in [-0.05, 0) is 69.0 Å². The van der Waals surface area contributed by atoms with Gasteiger partial charge in [0, 0.05) is 23.9 Å². The quantitative estimate of drug-likeness (QED) is 0.333. The predicted molar refractivity (Wildman–Crippen MR) is 145 cm³/mol. The highest BCUT2D eigenvalue weighted by Gasteiger charge is 2.33. The van der Waals surface area contributed by atoms with Crippen molar-refractivity contribution in [2.75, 3.05) is 19.0 Å². The Morgan fingerprint density at radius 1 is 1.18 bits per heavy atom. The van der Waals surface area contributed by atoms with Crippen LogP contribution >= 0.6 is 0 Å². The van der Waals surface area contributed by atoms with Crippen LogP contribution in [-0.2, 0) is 22.2 Å². The summed E-state index contributed by atoms with van der Waals surface area (Å²) < 4.78 is 44.3. The van der Waals surface area contributed by atoms with E-state index in [0.29, 0.717) is 36.4 Å². The fourth-order valence-electron chi connectivity index (χ4n) is 4.31. The summed E-state index contributed by atoms with van der Waals surface area (Å²) in [6.07, 6.45) is 1.71. The minimum atomic E-state index is -4.47. The van der Waals surface area contributed by atoms with Gasteiger partial charge in [-0.3, -0.25) is 9.59 Å². The largest absolute Gasteiger partial charge is 0.508 e. The van der Waals surface area contributed by atoms with Crippen molar-refractivity contribution in [3.05, 3.63) is 88.2 Å². The van der Waals surface area contributed by atoms with Crippen LogP contribution in [0.4, 0.5) is 18.9 Å². The van der Waals surface area contributed by atoms with Crippen LogP contribution in [0.25, 0.3) is 6.08 Å². The molecule has 0 fully saturated rings. The van der Waals surface area contributed by atoms with E-state index in [1.54, 1.807) is 37.3 Å². The molecular weight excluding hydrogens is 509 g/mol. The lowest BCUT2D eigenvalue weighted by Crippen LogP contribution is -2.39. The number of amides is 2. The standard InChI is InChI=1S/C30H33F3N2O4/c1-19(11-13-34-28(38)29(3)12-10-25(36)20(2)18-29)14-22-8-9-24(17-26(22)39-4)35-27(37)16-21-6-5-7-23(15-21)30(31,32)33/h5-10,14-15,17-18,36H,11-13,16H2,1-4H3,(H,34,38)(H,35,37)/b19-14-. The van der Waals surface area contributed by atoms with E-state index in [0.717, 1.165) is 23.3 Å². The van der Waals surface area contributed by atoms with E-state index in [1.807, 2.05) is 19.9 Å². The summed E-state index contributed by atoms with van der Waals surface area (Å²) in [7, 11) is 1.50. The second-order valence-electron chi connectivity index (χ2n) is 9.91. The van der Waals surface area contributed by atoms with Crippen molar-refractivity contribution in [2.24, 2.45) is 5.41 Å². The Hall–Kier alpha value is -4.01. The Morgan fingerprint density at radius 3 is 2.59 bits per heavy atom. The minimum Gasteiger partial charge on any atom is -0.508 e. The van der Waals surface area contributed by atoms with Crippen molar-refractivity contribution < 1.29 is 32.6 Å². The second kappa shape index (κ2) is 12.2. The highest BCUT2D eigenvalue weighted by atomic mass is 19.4. The monoisotopic (exact) mass is 542 g/mol. The van der Waals surface area contributed by atoms with Gasteiger partial charge in [-0.15, -0.1) is 0 Å². The molecule has 2 amide bonds. The lowest BCUT2D eigenvalue weighted by molar-refractivity contribution is -0.137. The third kappa shape index (κ3) is 7.99. The number of ether oxygens (including phenoxy) is 1. The van der Waals surface area contributed by atoms with Crippen molar-refractivity contribution in [3.63, 3.8) is 0 Å². The summed E-state index contributed by atoms with van der Waals surface area (Å²) in [5, 5.41) is 15.4. The maximum atomic E-state index is 12.9. The number of anilines is 1. The summed E-state index contributed by atoms with van der Waals surface area (Å²) in [6.45, 7) is 5.97. The van der Waals surface area contributed by atoms with Crippen molar-refractivity contribution in [2.45, 2.75) is 46.2 Å². The molecule has 1 aliphatic carbocycles. The highest BCUT2D eigenvalue weighted by molar-refractivity contribution is 5.92. The zero-order valence-electron chi connectivity index (χ0n) is 22.4. The number of nitrogens with one attached hydrogen (secondary N) is 2. The number of rotatable bonds is 9. The second-order valence-corrected chi connectivity index (χ2v) is 9.91. The molecule has 0 radical (unpaired) electrons. The first-order valence-corrected chi connectivity index (χ1v) is 12.5. The molecular formula is C30H33F3N2O4. The Balaban J connectivity index is 1.58. The molecule has 0 aliphatic heterocycles. The molecule has 1 aliphatic rings. The molecule has 0 heterocycles. The average Bonchev–Trinajstić information content (AvgIpc) is 2.87. The first-order chi connectivity index (χ1) is 18.3. The van der Waals surface area contributed by atoms with Crippen LogP contribution in [0, 0.1) is 5.41 Å². The van der Waals surface area contributed by atoms with Gasteiger partial charge < -0.3 is 20.5 Å². The van der Waals surface area contributed by atoms with Gasteiger partial charge in [-0.25, -0.2) is 0 Å². The van der Waals surface area contributed by atoms with Crippen LogP contribution in [0.2, 0.25) is 0 Å². The van der Waals surface area contributed by atoms with Gasteiger partial charge in [-0.1, -0.05) is 35.9 Å². The number of alkyl halides is 3. The van der Waals surface area contributed by atoms with Crippen LogP contribution in [0.1, 0.15) is 50.3 Å². The molecule has 0 saturated heterocycles. The van der Waals surface area contributed by atoms with Crippen molar-refractivity contribution in [1.29, 1.82) is 0 Å². The van der Waals surface area contributed by atoms with Gasteiger partial charge in [0.05, 0.1) is 24.5 Å². The Morgan fingerprint density at radius 2 is 1.92 bits per heavy atom. The summed E-state index contributed by atoms with van der Waals surface area (Å²) in [4.78, 5) is 25.2. The number of hydrogen-bond donors (Lipinski definition) is 3. The lowest BCUT2D eigenvalue weighted by atomic mass is 9.80. The summed E-state index contributed by atoms with van der Waals surface area (Å²) in [6, 6.07) is 9.80. The molecule has 6 nitrogen and oxygen atoms in total. The molecule has 3 rings (SSSR count). The van der Waals surface area contributed by atoms with Gasteiger partial charge in [0.25, 0.3) is 0 Å². The molecule has 3 N–H and O–H groups in total. The third-order valence-corrected chi connectivity index (χ3v) is 6.52. The molecule has 0 bridgehead atoms. The van der Waals surface area contributed by atoms with E-state index in [1.165, 1.54) is 19.2 Å². The average molecular weight is 543 g/mol. The van der Waals surface area contributed by atoms with Crippen LogP contribution in [0.5, 0.6) is 5.75 Å². The molecule has 39 heavy (non-hydrogen) atoms. The number of hydrogen-bond acceptors (Lipinski definition) is 4. The summed E-state index contributed by atoms with van der Waals surface area (Å²) >= 11 is 0. The van der Waals surface area contributed by atoms with Gasteiger partial charge in [0.2, 0.25) is 11.8 Å². The number of halogens is 3. The number of allylic oxidation sites excluding steroid dienone is 2. The maximum absolute atomic E-state index is 12.9. The smallest absolute Gasteiger partial charge is 0.416 e. The molecule has 0 spiro atoms. The third-order valence-electron chi connectivity index (χ3n) is 6.52. The number of carbonyl (C=O) groups excluding carboxylic acids is 2. The van der Waals surface area contributed by atoms with Gasteiger partial charge in [-0.2, -0.15) is 13.2 Å². The number of methoxy groups -OCH3 is 1. The van der Waals surface area contributed by atoms with E-state index < -0.39 is 23.1 Å². The summed E-state index contributed by atoms with van der Waals surface area (Å²) in [5.41, 5.74) is 1.65. The molecule has 1 unspecified atom stereocenters. The Bertz CT molecular complexity index is 1330. The Kier molecular flexibility index (Phi) is 9.27. The molecule has 1 atom stereocenters. The van der Waals surface area contributed by atoms with E-state index in [4.69, 9.17) is 4.74 Å². The van der Waals surface area contributed by atoms with E-state index in [-0.39, 0.29) is 23.7 Å². The van der Waals surface area contributed by atoms with Crippen LogP contribution in [0.15, 0.2) is 71.5 Å². The van der Waals surface area contributed by atoms with Gasteiger partial charge >= 0.3 is 6.18 Å². The lowest BCUT2D eigenvalue weighted by Gasteiger charge is -2.27. The highest BCUT2D eigenvalue weighted by Crippen LogP contribution is 2.33. The molecule has 2 aromatic carbocycles. The van der Waals surface area contributed by atoms with Crippen LogP contribution < -0.4 is 15.4 Å². The molecule has 208 valence electrons. The van der Waals surface area contributed by atoms with Crippen LogP contribution in [0.3, 0.4) is 0 Å². The maximum Gasteiger partial charge on any atom is 0.416 e. The van der Waals surface area contributed by atoms with E-state index in [2.05, 4.69) is 10.6 Å². The number of aliphatic hydroxyl groups excluding tert-OH is 1. The van der Waals surface area contributed by atoms with Gasteiger partial charge in [0.15, 0.2) is 0 Å². The SMILES string of the molecule is COc1cc(NC(=O)Cc2cccc(C(F)(F)F)c2)ccc1/C=C(/C)CCNC(=O)C1(C)C=C(C)C(O)=CC1. The number of aliphatic hydroxyl groups is 1. The topological polar surface area (TPSA) is 87.7 Å². The number of carbonyl (C=O) groups is 2. The van der Waals surface area contributed by atoms with Crippen molar-refractivity contribution >= 4 is 23.6 Å². The fourth-order valence-corrected chi connectivity index (χ4v) is 4.31. The first kappa shape index (κ1) is 29.5. The molecule has 0 aromatic heterocycles. The minimum absolute atomic E-state index is 0.110. The summed E-state index contributed by atoms with van der Waals surface area (Å²) in [5.74, 6) is 0.154. The number of benzene rings is 2. The van der Waals surface area contributed by atoms with E-state index >= 15 is 0 Å². The van der Waals surface area contributed by atoms with Crippen molar-refractivity contribution in [1.82, 2.24) is 5.32 Å². The van der Waals surface area contributed by atoms with Crippen LogP contribution in [-0.4, -0.2) is 30.6 Å². The van der Waals surface area contributed by atoms with E-state index in [9.17, 15) is 27.9 Å².